The quantitative estimate of drug-likeness (QED) is 0.783. The average molecular weight is 234 g/mol. The molecule has 1 aromatic heterocycles. The average Bonchev–Trinajstić information content (AvgIpc) is 2.78. The fraction of sp³-hybridized carbons (Fsp3) is 0.250. The Morgan fingerprint density at radius 2 is 2.29 bits per heavy atom. The van der Waals surface area contributed by atoms with Gasteiger partial charge in [0.1, 0.15) is 12.0 Å². The van der Waals surface area contributed by atoms with E-state index in [1.807, 2.05) is 6.07 Å². The summed E-state index contributed by atoms with van der Waals surface area (Å²) in [5.41, 5.74) is 7.84. The van der Waals surface area contributed by atoms with Crippen molar-refractivity contribution in [3.63, 3.8) is 0 Å². The van der Waals surface area contributed by atoms with Crippen LogP contribution in [0.3, 0.4) is 0 Å². The van der Waals surface area contributed by atoms with Gasteiger partial charge in [0, 0.05) is 18.6 Å². The lowest BCUT2D eigenvalue weighted by Gasteiger charge is -2.04. The van der Waals surface area contributed by atoms with Gasteiger partial charge in [0.2, 0.25) is 5.89 Å². The van der Waals surface area contributed by atoms with Crippen molar-refractivity contribution in [3.05, 3.63) is 30.2 Å². The molecule has 0 amide bonds. The van der Waals surface area contributed by atoms with E-state index < -0.39 is 0 Å². The van der Waals surface area contributed by atoms with Crippen LogP contribution in [-0.4, -0.2) is 23.8 Å². The highest BCUT2D eigenvalue weighted by Gasteiger charge is 2.08. The van der Waals surface area contributed by atoms with Crippen LogP contribution in [0.1, 0.15) is 5.69 Å². The number of benzene rings is 1. The zero-order chi connectivity index (χ0) is 12.3. The van der Waals surface area contributed by atoms with Crippen molar-refractivity contribution < 1.29 is 14.3 Å². The molecule has 0 bridgehead atoms. The Hall–Kier alpha value is -2.01. The second-order valence-corrected chi connectivity index (χ2v) is 3.57. The lowest BCUT2D eigenvalue weighted by atomic mass is 10.2. The molecule has 1 aromatic carbocycles. The summed E-state index contributed by atoms with van der Waals surface area (Å²) in [5, 5.41) is 8.79. The largest absolute Gasteiger partial charge is 0.495 e. The number of nitrogen functional groups attached to an aromatic ring is 1. The van der Waals surface area contributed by atoms with Crippen molar-refractivity contribution in [1.29, 1.82) is 0 Å². The number of anilines is 1. The first kappa shape index (κ1) is 11.5. The minimum absolute atomic E-state index is 0.0523. The van der Waals surface area contributed by atoms with Gasteiger partial charge in [0.15, 0.2) is 0 Å². The summed E-state index contributed by atoms with van der Waals surface area (Å²) in [4.78, 5) is 4.24. The predicted molar refractivity (Wildman–Crippen MR) is 63.7 cm³/mol. The summed E-state index contributed by atoms with van der Waals surface area (Å²) in [5.74, 6) is 1.11. The van der Waals surface area contributed by atoms with E-state index in [0.29, 0.717) is 23.7 Å². The molecule has 1 heterocycles. The van der Waals surface area contributed by atoms with Crippen molar-refractivity contribution in [2.45, 2.75) is 6.42 Å². The third-order valence-corrected chi connectivity index (χ3v) is 2.40. The minimum atomic E-state index is 0.0523. The van der Waals surface area contributed by atoms with Crippen molar-refractivity contribution >= 4 is 5.69 Å². The molecule has 0 saturated carbocycles. The Morgan fingerprint density at radius 3 is 2.94 bits per heavy atom. The lowest BCUT2D eigenvalue weighted by Crippen LogP contribution is -1.93. The SMILES string of the molecule is COc1ccc(-c2nc(CCO)co2)cc1N. The highest BCUT2D eigenvalue weighted by atomic mass is 16.5. The van der Waals surface area contributed by atoms with E-state index in [-0.39, 0.29) is 6.61 Å². The number of oxazole rings is 1. The van der Waals surface area contributed by atoms with E-state index >= 15 is 0 Å². The maximum atomic E-state index is 8.79. The molecule has 90 valence electrons. The standard InChI is InChI=1S/C12H14N2O3/c1-16-11-3-2-8(6-10(11)13)12-14-9(4-5-15)7-17-12/h2-3,6-7,15H,4-5,13H2,1H3. The number of nitrogens with zero attached hydrogens (tertiary/aromatic N) is 1. The van der Waals surface area contributed by atoms with Crippen molar-refractivity contribution in [3.8, 4) is 17.2 Å². The molecule has 0 unspecified atom stereocenters. The van der Waals surface area contributed by atoms with Crippen LogP contribution >= 0.6 is 0 Å². The molecule has 3 N–H and O–H groups in total. The topological polar surface area (TPSA) is 81.5 Å². The zero-order valence-electron chi connectivity index (χ0n) is 9.51. The lowest BCUT2D eigenvalue weighted by molar-refractivity contribution is 0.298. The van der Waals surface area contributed by atoms with Crippen LogP contribution in [-0.2, 0) is 6.42 Å². The Bertz CT molecular complexity index is 508. The van der Waals surface area contributed by atoms with E-state index in [1.54, 1.807) is 19.2 Å². The highest BCUT2D eigenvalue weighted by Crippen LogP contribution is 2.27. The summed E-state index contributed by atoms with van der Waals surface area (Å²) in [7, 11) is 1.57. The van der Waals surface area contributed by atoms with Crippen LogP contribution in [0, 0.1) is 0 Å². The molecule has 17 heavy (non-hydrogen) atoms. The van der Waals surface area contributed by atoms with Gasteiger partial charge in [0.05, 0.1) is 18.5 Å². The van der Waals surface area contributed by atoms with Gasteiger partial charge in [-0.3, -0.25) is 0 Å². The molecule has 0 radical (unpaired) electrons. The van der Waals surface area contributed by atoms with Gasteiger partial charge in [-0.1, -0.05) is 0 Å². The van der Waals surface area contributed by atoms with Gasteiger partial charge in [-0.05, 0) is 18.2 Å². The fourth-order valence-corrected chi connectivity index (χ4v) is 1.54. The second kappa shape index (κ2) is 4.88. The maximum absolute atomic E-state index is 8.79. The molecule has 2 rings (SSSR count). The molecule has 0 saturated heterocycles. The normalized spacial score (nSPS) is 10.5. The predicted octanol–water partition coefficient (Wildman–Crippen LogP) is 1.47. The van der Waals surface area contributed by atoms with Gasteiger partial charge in [-0.2, -0.15) is 0 Å². The number of hydrogen-bond donors (Lipinski definition) is 2. The molecule has 5 heteroatoms. The number of rotatable bonds is 4. The smallest absolute Gasteiger partial charge is 0.226 e. The van der Waals surface area contributed by atoms with Crippen LogP contribution in [0.2, 0.25) is 0 Å². The Kier molecular flexibility index (Phi) is 3.30. The van der Waals surface area contributed by atoms with Crippen LogP contribution < -0.4 is 10.5 Å². The summed E-state index contributed by atoms with van der Waals surface area (Å²) in [6, 6.07) is 5.33. The van der Waals surface area contributed by atoms with Crippen molar-refractivity contribution in [2.75, 3.05) is 19.5 Å². The first-order valence-corrected chi connectivity index (χ1v) is 5.23. The molecule has 0 spiro atoms. The van der Waals surface area contributed by atoms with Gasteiger partial charge in [-0.25, -0.2) is 4.98 Å². The number of nitrogens with two attached hydrogens (primary N) is 1. The molecule has 0 aliphatic rings. The van der Waals surface area contributed by atoms with Gasteiger partial charge >= 0.3 is 0 Å². The molecule has 0 aliphatic heterocycles. The molecular weight excluding hydrogens is 220 g/mol. The van der Waals surface area contributed by atoms with Gasteiger partial charge < -0.3 is 20.0 Å². The minimum Gasteiger partial charge on any atom is -0.495 e. The third kappa shape index (κ3) is 2.39. The summed E-state index contributed by atoms with van der Waals surface area (Å²) < 4.78 is 10.4. The number of aliphatic hydroxyl groups excluding tert-OH is 1. The number of methoxy groups -OCH3 is 1. The molecule has 5 nitrogen and oxygen atoms in total. The molecule has 0 atom stereocenters. The van der Waals surface area contributed by atoms with E-state index in [9.17, 15) is 0 Å². The second-order valence-electron chi connectivity index (χ2n) is 3.57. The third-order valence-electron chi connectivity index (χ3n) is 2.40. The number of aliphatic hydroxyl groups is 1. The van der Waals surface area contributed by atoms with Crippen LogP contribution in [0.15, 0.2) is 28.9 Å². The molecule has 0 aliphatic carbocycles. The Balaban J connectivity index is 2.29. The van der Waals surface area contributed by atoms with E-state index in [0.717, 1.165) is 11.3 Å². The van der Waals surface area contributed by atoms with Crippen molar-refractivity contribution in [1.82, 2.24) is 4.98 Å². The van der Waals surface area contributed by atoms with E-state index in [2.05, 4.69) is 4.98 Å². The summed E-state index contributed by atoms with van der Waals surface area (Å²) >= 11 is 0. The number of hydrogen-bond acceptors (Lipinski definition) is 5. The van der Waals surface area contributed by atoms with E-state index in [4.69, 9.17) is 20.0 Å². The molecular formula is C12H14N2O3. The summed E-state index contributed by atoms with van der Waals surface area (Å²) in [6.45, 7) is 0.0523. The first-order valence-electron chi connectivity index (χ1n) is 5.23. The molecule has 0 fully saturated rings. The molecule has 2 aromatic rings. The number of ether oxygens (including phenoxy) is 1. The monoisotopic (exact) mass is 234 g/mol. The number of aromatic nitrogens is 1. The van der Waals surface area contributed by atoms with Gasteiger partial charge in [-0.15, -0.1) is 0 Å². The fourth-order valence-electron chi connectivity index (χ4n) is 1.54. The Labute approximate surface area is 98.8 Å². The summed E-state index contributed by atoms with van der Waals surface area (Å²) in [6.07, 6.45) is 2.01. The van der Waals surface area contributed by atoms with Crippen LogP contribution in [0.25, 0.3) is 11.5 Å². The Morgan fingerprint density at radius 1 is 1.47 bits per heavy atom. The highest BCUT2D eigenvalue weighted by molar-refractivity contribution is 5.65. The van der Waals surface area contributed by atoms with Gasteiger partial charge in [0.25, 0.3) is 0 Å². The van der Waals surface area contributed by atoms with Crippen molar-refractivity contribution in [2.24, 2.45) is 0 Å². The zero-order valence-corrected chi connectivity index (χ0v) is 9.51. The van der Waals surface area contributed by atoms with Crippen LogP contribution in [0.5, 0.6) is 5.75 Å². The van der Waals surface area contributed by atoms with Crippen LogP contribution in [0.4, 0.5) is 5.69 Å². The maximum Gasteiger partial charge on any atom is 0.226 e. The van der Waals surface area contributed by atoms with E-state index in [1.165, 1.54) is 6.26 Å². The first-order chi connectivity index (χ1) is 8.24.